The normalized spacial score (nSPS) is 10.0. The summed E-state index contributed by atoms with van der Waals surface area (Å²) < 4.78 is 11.0. The van der Waals surface area contributed by atoms with Crippen LogP contribution in [0.4, 0.5) is 5.69 Å². The number of ether oxygens (including phenoxy) is 2. The van der Waals surface area contributed by atoms with Gasteiger partial charge in [-0.15, -0.1) is 0 Å². The zero-order valence-corrected chi connectivity index (χ0v) is 14.1. The van der Waals surface area contributed by atoms with Crippen LogP contribution in [0, 0.1) is 0 Å². The monoisotopic (exact) mass is 377 g/mol. The Hall–Kier alpha value is -2.34. The van der Waals surface area contributed by atoms with Gasteiger partial charge in [-0.3, -0.25) is 9.59 Å². The van der Waals surface area contributed by atoms with Crippen LogP contribution in [0.15, 0.2) is 53.0 Å². The molecule has 0 heterocycles. The predicted molar refractivity (Wildman–Crippen MR) is 90.4 cm³/mol. The van der Waals surface area contributed by atoms with Gasteiger partial charge in [-0.1, -0.05) is 40.2 Å². The smallest absolute Gasteiger partial charge is 0.310 e. The second kappa shape index (κ2) is 8.33. The van der Waals surface area contributed by atoms with Crippen molar-refractivity contribution in [3.05, 3.63) is 58.6 Å². The summed E-state index contributed by atoms with van der Waals surface area (Å²) in [5.41, 5.74) is 1.34. The van der Waals surface area contributed by atoms with Crippen molar-refractivity contribution in [1.82, 2.24) is 0 Å². The number of methoxy groups -OCH3 is 1. The summed E-state index contributed by atoms with van der Waals surface area (Å²) in [6, 6.07) is 14.3. The third-order valence-corrected chi connectivity index (χ3v) is 3.49. The maximum atomic E-state index is 11.8. The maximum absolute atomic E-state index is 11.8. The Morgan fingerprint density at radius 1 is 1.13 bits per heavy atom. The van der Waals surface area contributed by atoms with Crippen LogP contribution in [-0.2, 0) is 20.7 Å². The molecule has 5 nitrogen and oxygen atoms in total. The number of amides is 1. The highest BCUT2D eigenvalue weighted by atomic mass is 79.9. The molecular weight excluding hydrogens is 362 g/mol. The highest BCUT2D eigenvalue weighted by molar-refractivity contribution is 9.10. The lowest BCUT2D eigenvalue weighted by molar-refractivity contribution is -0.146. The van der Waals surface area contributed by atoms with Crippen molar-refractivity contribution < 1.29 is 19.1 Å². The van der Waals surface area contributed by atoms with Crippen molar-refractivity contribution >= 4 is 33.5 Å². The minimum Gasteiger partial charge on any atom is -0.496 e. The number of benzene rings is 2. The fraction of sp³-hybridized carbons (Fsp3) is 0.176. The SMILES string of the molecule is COc1ccccc1CC(=O)OCC(=O)Nc1cccc(Br)c1. The van der Waals surface area contributed by atoms with Crippen molar-refractivity contribution in [2.45, 2.75) is 6.42 Å². The van der Waals surface area contributed by atoms with Crippen molar-refractivity contribution in [3.8, 4) is 5.75 Å². The number of carbonyl (C=O) groups excluding carboxylic acids is 2. The van der Waals surface area contributed by atoms with Crippen LogP contribution in [0.5, 0.6) is 5.75 Å². The van der Waals surface area contributed by atoms with Gasteiger partial charge in [0.2, 0.25) is 0 Å². The van der Waals surface area contributed by atoms with E-state index < -0.39 is 11.9 Å². The zero-order chi connectivity index (χ0) is 16.7. The molecule has 0 aromatic heterocycles. The largest absolute Gasteiger partial charge is 0.496 e. The summed E-state index contributed by atoms with van der Waals surface area (Å²) in [6.07, 6.45) is 0.0498. The molecular formula is C17H16BrNO4. The number of nitrogens with one attached hydrogen (secondary N) is 1. The van der Waals surface area contributed by atoms with Gasteiger partial charge in [0, 0.05) is 15.7 Å². The van der Waals surface area contributed by atoms with E-state index in [0.29, 0.717) is 17.0 Å². The molecule has 0 saturated heterocycles. The average Bonchev–Trinajstić information content (AvgIpc) is 2.53. The quantitative estimate of drug-likeness (QED) is 0.785. The highest BCUT2D eigenvalue weighted by Crippen LogP contribution is 2.18. The fourth-order valence-corrected chi connectivity index (χ4v) is 2.36. The second-order valence-electron chi connectivity index (χ2n) is 4.71. The highest BCUT2D eigenvalue weighted by Gasteiger charge is 2.11. The van der Waals surface area contributed by atoms with Gasteiger partial charge in [-0.25, -0.2) is 0 Å². The third-order valence-electron chi connectivity index (χ3n) is 3.00. The first-order valence-corrected chi connectivity index (χ1v) is 7.70. The van der Waals surface area contributed by atoms with Gasteiger partial charge in [-0.2, -0.15) is 0 Å². The first kappa shape index (κ1) is 17.0. The first-order valence-electron chi connectivity index (χ1n) is 6.91. The molecule has 0 fully saturated rings. The van der Waals surface area contributed by atoms with E-state index >= 15 is 0 Å². The Labute approximate surface area is 142 Å². The Balaban J connectivity index is 1.83. The number of anilines is 1. The Kier molecular flexibility index (Phi) is 6.17. The molecule has 2 aromatic rings. The summed E-state index contributed by atoms with van der Waals surface area (Å²) in [5, 5.41) is 2.65. The Bertz CT molecular complexity index is 702. The van der Waals surface area contributed by atoms with E-state index in [1.54, 1.807) is 30.3 Å². The standard InChI is InChI=1S/C17H16BrNO4/c1-22-15-8-3-2-5-12(15)9-17(21)23-11-16(20)19-14-7-4-6-13(18)10-14/h2-8,10H,9,11H2,1H3,(H,19,20). The molecule has 2 aromatic carbocycles. The van der Waals surface area contributed by atoms with E-state index in [9.17, 15) is 9.59 Å². The van der Waals surface area contributed by atoms with Gasteiger partial charge in [0.05, 0.1) is 13.5 Å². The van der Waals surface area contributed by atoms with Gasteiger partial charge >= 0.3 is 5.97 Å². The van der Waals surface area contributed by atoms with Gasteiger partial charge in [0.25, 0.3) is 5.91 Å². The molecule has 1 N–H and O–H groups in total. The molecule has 0 atom stereocenters. The lowest BCUT2D eigenvalue weighted by Crippen LogP contribution is -2.21. The van der Waals surface area contributed by atoms with Crippen LogP contribution in [0.1, 0.15) is 5.56 Å². The van der Waals surface area contributed by atoms with Crippen LogP contribution >= 0.6 is 15.9 Å². The van der Waals surface area contributed by atoms with E-state index in [1.807, 2.05) is 18.2 Å². The van der Waals surface area contributed by atoms with Crippen LogP contribution in [0.3, 0.4) is 0 Å². The summed E-state index contributed by atoms with van der Waals surface area (Å²) in [4.78, 5) is 23.6. The molecule has 0 aliphatic carbocycles. The maximum Gasteiger partial charge on any atom is 0.310 e. The van der Waals surface area contributed by atoms with Gasteiger partial charge in [0.15, 0.2) is 6.61 Å². The molecule has 0 unspecified atom stereocenters. The topological polar surface area (TPSA) is 64.6 Å². The summed E-state index contributed by atoms with van der Waals surface area (Å²) in [7, 11) is 1.54. The average molecular weight is 378 g/mol. The number of hydrogen-bond acceptors (Lipinski definition) is 4. The van der Waals surface area contributed by atoms with Crippen molar-refractivity contribution in [1.29, 1.82) is 0 Å². The number of rotatable bonds is 6. The van der Waals surface area contributed by atoms with Crippen LogP contribution < -0.4 is 10.1 Å². The van der Waals surface area contributed by atoms with Crippen LogP contribution in [0.25, 0.3) is 0 Å². The van der Waals surface area contributed by atoms with Crippen LogP contribution in [0.2, 0.25) is 0 Å². The Morgan fingerprint density at radius 3 is 2.65 bits per heavy atom. The van der Waals surface area contributed by atoms with Crippen molar-refractivity contribution in [2.24, 2.45) is 0 Å². The van der Waals surface area contributed by atoms with E-state index in [2.05, 4.69) is 21.2 Å². The lowest BCUT2D eigenvalue weighted by atomic mass is 10.1. The van der Waals surface area contributed by atoms with Crippen molar-refractivity contribution in [2.75, 3.05) is 19.0 Å². The van der Waals surface area contributed by atoms with Gasteiger partial charge < -0.3 is 14.8 Å². The first-order chi connectivity index (χ1) is 11.1. The second-order valence-corrected chi connectivity index (χ2v) is 5.62. The van der Waals surface area contributed by atoms with E-state index in [0.717, 1.165) is 4.47 Å². The minimum absolute atomic E-state index is 0.0498. The molecule has 0 aliphatic heterocycles. The molecule has 6 heteroatoms. The number of esters is 1. The molecule has 23 heavy (non-hydrogen) atoms. The van der Waals surface area contributed by atoms with Crippen LogP contribution in [-0.4, -0.2) is 25.6 Å². The van der Waals surface area contributed by atoms with Crippen molar-refractivity contribution in [3.63, 3.8) is 0 Å². The molecule has 1 amide bonds. The van der Waals surface area contributed by atoms with E-state index in [4.69, 9.17) is 9.47 Å². The minimum atomic E-state index is -0.487. The van der Waals surface area contributed by atoms with E-state index in [-0.39, 0.29) is 13.0 Å². The van der Waals surface area contributed by atoms with E-state index in [1.165, 1.54) is 7.11 Å². The summed E-state index contributed by atoms with van der Waals surface area (Å²) in [6.45, 7) is -0.333. The van der Waals surface area contributed by atoms with Gasteiger partial charge in [0.1, 0.15) is 5.75 Å². The van der Waals surface area contributed by atoms with Gasteiger partial charge in [-0.05, 0) is 24.3 Å². The molecule has 0 bridgehead atoms. The third kappa shape index (κ3) is 5.41. The summed E-state index contributed by atoms with van der Waals surface area (Å²) >= 11 is 3.32. The molecule has 120 valence electrons. The zero-order valence-electron chi connectivity index (χ0n) is 12.5. The number of hydrogen-bond donors (Lipinski definition) is 1. The number of carbonyl (C=O) groups is 2. The molecule has 2 rings (SSSR count). The molecule has 0 aliphatic rings. The lowest BCUT2D eigenvalue weighted by Gasteiger charge is -2.09. The molecule has 0 radical (unpaired) electrons. The predicted octanol–water partition coefficient (Wildman–Crippen LogP) is 3.18. The Morgan fingerprint density at radius 2 is 1.91 bits per heavy atom. The number of halogens is 1. The molecule has 0 saturated carbocycles. The summed E-state index contributed by atoms with van der Waals surface area (Å²) in [5.74, 6) is -0.265. The number of para-hydroxylation sites is 1. The molecule has 0 spiro atoms. The fourth-order valence-electron chi connectivity index (χ4n) is 1.96.